The number of urea groups is 1. The quantitative estimate of drug-likeness (QED) is 0.726. The summed E-state index contributed by atoms with van der Waals surface area (Å²) >= 11 is 0. The van der Waals surface area contributed by atoms with Crippen LogP contribution in [0, 0.1) is 0 Å². The lowest BCUT2D eigenvalue weighted by molar-refractivity contribution is -0.132. The Bertz CT molecular complexity index is 849. The summed E-state index contributed by atoms with van der Waals surface area (Å²) in [5.41, 5.74) is 3.16. The van der Waals surface area contributed by atoms with E-state index in [-0.39, 0.29) is 24.4 Å². The van der Waals surface area contributed by atoms with Crippen molar-refractivity contribution >= 4 is 17.8 Å². The van der Waals surface area contributed by atoms with Gasteiger partial charge in [-0.15, -0.1) is 0 Å². The number of imide groups is 1. The number of rotatable bonds is 7. The molecule has 3 rings (SSSR count). The Labute approximate surface area is 164 Å². The number of carbonyl (C=O) groups excluding carboxylic acids is 3. The maximum atomic E-state index is 12.5. The predicted molar refractivity (Wildman–Crippen MR) is 107 cm³/mol. The molecule has 28 heavy (non-hydrogen) atoms. The van der Waals surface area contributed by atoms with Crippen LogP contribution in [-0.2, 0) is 22.4 Å². The van der Waals surface area contributed by atoms with Gasteiger partial charge in [0.25, 0.3) is 5.91 Å². The predicted octanol–water partition coefficient (Wildman–Crippen LogP) is 2.59. The fourth-order valence-corrected chi connectivity index (χ4v) is 3.27. The molecule has 6 heteroatoms. The number of carbonyl (C=O) groups is 3. The van der Waals surface area contributed by atoms with Gasteiger partial charge in [-0.25, -0.2) is 4.79 Å². The molecule has 0 aromatic heterocycles. The molecule has 0 unspecified atom stereocenters. The second-order valence-corrected chi connectivity index (χ2v) is 7.00. The summed E-state index contributed by atoms with van der Waals surface area (Å²) in [5.74, 6) is -0.736. The van der Waals surface area contributed by atoms with Gasteiger partial charge in [-0.1, -0.05) is 61.5 Å². The topological polar surface area (TPSA) is 78.5 Å². The van der Waals surface area contributed by atoms with E-state index in [0.717, 1.165) is 22.4 Å². The maximum Gasteiger partial charge on any atom is 0.325 e. The zero-order chi connectivity index (χ0) is 20.1. The molecule has 2 aromatic carbocycles. The number of nitrogens with one attached hydrogen (secondary N) is 2. The van der Waals surface area contributed by atoms with E-state index >= 15 is 0 Å². The van der Waals surface area contributed by atoms with Gasteiger partial charge >= 0.3 is 6.03 Å². The van der Waals surface area contributed by atoms with Gasteiger partial charge < -0.3 is 10.6 Å². The van der Waals surface area contributed by atoms with Crippen LogP contribution in [0.5, 0.6) is 0 Å². The fourth-order valence-electron chi connectivity index (χ4n) is 3.27. The van der Waals surface area contributed by atoms with Crippen LogP contribution in [-0.4, -0.2) is 35.3 Å². The third-order valence-electron chi connectivity index (χ3n) is 4.96. The van der Waals surface area contributed by atoms with E-state index in [1.807, 2.05) is 61.5 Å². The minimum atomic E-state index is -0.637. The number of amides is 4. The third kappa shape index (κ3) is 4.57. The lowest BCUT2D eigenvalue weighted by Gasteiger charge is -2.17. The third-order valence-corrected chi connectivity index (χ3v) is 4.96. The molecule has 0 bridgehead atoms. The van der Waals surface area contributed by atoms with Crippen LogP contribution in [0.1, 0.15) is 36.6 Å². The molecule has 6 nitrogen and oxygen atoms in total. The van der Waals surface area contributed by atoms with Crippen LogP contribution in [0.2, 0.25) is 0 Å². The van der Waals surface area contributed by atoms with E-state index in [4.69, 9.17) is 0 Å². The Kier molecular flexibility index (Phi) is 6.09. The Morgan fingerprint density at radius 1 is 1.07 bits per heavy atom. The lowest BCUT2D eigenvalue weighted by atomic mass is 10.0. The van der Waals surface area contributed by atoms with Crippen LogP contribution < -0.4 is 10.6 Å². The zero-order valence-corrected chi connectivity index (χ0v) is 16.1. The van der Waals surface area contributed by atoms with Crippen molar-refractivity contribution in [3.63, 3.8) is 0 Å². The fraction of sp³-hybridized carbons (Fsp3) is 0.318. The Morgan fingerprint density at radius 2 is 1.75 bits per heavy atom. The van der Waals surface area contributed by atoms with Crippen molar-refractivity contribution < 1.29 is 14.4 Å². The largest absolute Gasteiger partial charge is 0.348 e. The monoisotopic (exact) mass is 379 g/mol. The van der Waals surface area contributed by atoms with Gasteiger partial charge in [0.15, 0.2) is 0 Å². The summed E-state index contributed by atoms with van der Waals surface area (Å²) in [4.78, 5) is 38.1. The molecule has 1 heterocycles. The Hall–Kier alpha value is -3.15. The molecule has 0 spiro atoms. The summed E-state index contributed by atoms with van der Waals surface area (Å²) in [6, 6.07) is 16.1. The van der Waals surface area contributed by atoms with Gasteiger partial charge in [-0.2, -0.15) is 0 Å². The molecule has 0 radical (unpaired) electrons. The first kappa shape index (κ1) is 19.6. The summed E-state index contributed by atoms with van der Waals surface area (Å²) in [6.45, 7) is 3.68. The summed E-state index contributed by atoms with van der Waals surface area (Å²) in [6.07, 6.45) is 1.36. The van der Waals surface area contributed by atoms with Crippen molar-refractivity contribution in [1.29, 1.82) is 0 Å². The highest BCUT2D eigenvalue weighted by molar-refractivity contribution is 6.06. The molecular formula is C22H25N3O3. The highest BCUT2D eigenvalue weighted by Crippen LogP contribution is 2.15. The summed E-state index contributed by atoms with van der Waals surface area (Å²) < 4.78 is 0. The van der Waals surface area contributed by atoms with Crippen molar-refractivity contribution in [2.24, 2.45) is 0 Å². The van der Waals surface area contributed by atoms with E-state index in [9.17, 15) is 14.4 Å². The molecular weight excluding hydrogens is 354 g/mol. The molecule has 2 N–H and O–H groups in total. The standard InChI is InChI=1S/C22H25N3O3/c1-3-16-9-11-18(12-10-16)15(2)23-20(26)14-25-21(27)19(24-22(25)28)13-17-7-5-4-6-8-17/h4-12,15,19H,3,13-14H2,1-2H3,(H,23,26)(H,24,28)/t15-,19+/m1/s1. The van der Waals surface area contributed by atoms with E-state index in [1.54, 1.807) is 0 Å². The van der Waals surface area contributed by atoms with Crippen molar-refractivity contribution in [1.82, 2.24) is 15.5 Å². The number of hydrogen-bond donors (Lipinski definition) is 2. The number of aryl methyl sites for hydroxylation is 1. The van der Waals surface area contributed by atoms with Gasteiger partial charge in [0, 0.05) is 6.42 Å². The summed E-state index contributed by atoms with van der Waals surface area (Å²) in [7, 11) is 0. The molecule has 0 aliphatic carbocycles. The minimum absolute atomic E-state index is 0.209. The van der Waals surface area contributed by atoms with Crippen molar-refractivity contribution in [2.75, 3.05) is 6.54 Å². The van der Waals surface area contributed by atoms with Crippen molar-refractivity contribution in [3.05, 3.63) is 71.3 Å². The van der Waals surface area contributed by atoms with Crippen LogP contribution in [0.15, 0.2) is 54.6 Å². The minimum Gasteiger partial charge on any atom is -0.348 e. The number of hydrogen-bond acceptors (Lipinski definition) is 3. The maximum absolute atomic E-state index is 12.5. The molecule has 2 aromatic rings. The van der Waals surface area contributed by atoms with Crippen molar-refractivity contribution in [2.45, 2.75) is 38.8 Å². The molecule has 2 atom stereocenters. The van der Waals surface area contributed by atoms with E-state index in [1.165, 1.54) is 5.56 Å². The summed E-state index contributed by atoms with van der Waals surface area (Å²) in [5, 5.41) is 5.52. The van der Waals surface area contributed by atoms with Crippen LogP contribution >= 0.6 is 0 Å². The smallest absolute Gasteiger partial charge is 0.325 e. The van der Waals surface area contributed by atoms with Crippen LogP contribution in [0.4, 0.5) is 4.79 Å². The highest BCUT2D eigenvalue weighted by atomic mass is 16.2. The molecule has 146 valence electrons. The van der Waals surface area contributed by atoms with Gasteiger partial charge in [-0.05, 0) is 30.0 Å². The van der Waals surface area contributed by atoms with Crippen molar-refractivity contribution in [3.8, 4) is 0 Å². The lowest BCUT2D eigenvalue weighted by Crippen LogP contribution is -2.42. The SMILES string of the molecule is CCc1ccc([C@@H](C)NC(=O)CN2C(=O)N[C@@H](Cc3ccccc3)C2=O)cc1. The van der Waals surface area contributed by atoms with Crippen LogP contribution in [0.25, 0.3) is 0 Å². The Balaban J connectivity index is 1.57. The average molecular weight is 379 g/mol. The normalized spacial score (nSPS) is 17.4. The van der Waals surface area contributed by atoms with Gasteiger partial charge in [0.05, 0.1) is 6.04 Å². The second kappa shape index (κ2) is 8.69. The van der Waals surface area contributed by atoms with E-state index in [0.29, 0.717) is 6.42 Å². The zero-order valence-electron chi connectivity index (χ0n) is 16.1. The average Bonchev–Trinajstić information content (AvgIpc) is 2.96. The van der Waals surface area contributed by atoms with Gasteiger partial charge in [0.2, 0.25) is 5.91 Å². The van der Waals surface area contributed by atoms with Gasteiger partial charge in [-0.3, -0.25) is 14.5 Å². The van der Waals surface area contributed by atoms with E-state index in [2.05, 4.69) is 17.6 Å². The molecule has 0 saturated carbocycles. The first-order valence-electron chi connectivity index (χ1n) is 9.52. The first-order chi connectivity index (χ1) is 13.5. The molecule has 1 aliphatic rings. The Morgan fingerprint density at radius 3 is 2.39 bits per heavy atom. The van der Waals surface area contributed by atoms with Crippen LogP contribution in [0.3, 0.4) is 0 Å². The second-order valence-electron chi connectivity index (χ2n) is 7.00. The molecule has 1 aliphatic heterocycles. The highest BCUT2D eigenvalue weighted by Gasteiger charge is 2.38. The number of benzene rings is 2. The molecule has 1 saturated heterocycles. The van der Waals surface area contributed by atoms with E-state index < -0.39 is 12.1 Å². The van der Waals surface area contributed by atoms with Gasteiger partial charge in [0.1, 0.15) is 12.6 Å². The first-order valence-corrected chi connectivity index (χ1v) is 9.52. The molecule has 1 fully saturated rings. The number of nitrogens with zero attached hydrogens (tertiary/aromatic N) is 1. The molecule has 4 amide bonds.